The molecule has 0 saturated carbocycles. The summed E-state index contributed by atoms with van der Waals surface area (Å²) >= 11 is 0. The van der Waals surface area contributed by atoms with Gasteiger partial charge in [0.25, 0.3) is 0 Å². The van der Waals surface area contributed by atoms with E-state index < -0.39 is 10.0 Å². The van der Waals surface area contributed by atoms with Crippen molar-refractivity contribution in [3.63, 3.8) is 0 Å². The second-order valence-electron chi connectivity index (χ2n) is 2.79. The molecule has 7 heteroatoms. The molecule has 1 atom stereocenters. The first-order valence-corrected chi connectivity index (χ1v) is 5.57. The minimum atomic E-state index is -3.35. The Bertz CT molecular complexity index is 384. The van der Waals surface area contributed by atoms with Crippen LogP contribution in [-0.4, -0.2) is 30.0 Å². The zero-order chi connectivity index (χ0) is 10.6. The Labute approximate surface area is 82.7 Å². The van der Waals surface area contributed by atoms with Gasteiger partial charge in [-0.3, -0.25) is 0 Å². The quantitative estimate of drug-likeness (QED) is 0.745. The topological polar surface area (TPSA) is 76.9 Å². The van der Waals surface area contributed by atoms with Gasteiger partial charge in [0.1, 0.15) is 0 Å². The summed E-state index contributed by atoms with van der Waals surface area (Å²) in [5, 5.41) is 8.25. The lowest BCUT2D eigenvalue weighted by molar-refractivity contribution is 0.468. The van der Waals surface area contributed by atoms with Gasteiger partial charge in [-0.05, 0) is 6.92 Å². The highest BCUT2D eigenvalue weighted by atomic mass is 32.2. The van der Waals surface area contributed by atoms with Crippen molar-refractivity contribution in [1.82, 2.24) is 19.7 Å². The minimum Gasteiger partial charge on any atom is -0.248 e. The molecule has 0 aromatic carbocycles. The zero-order valence-electron chi connectivity index (χ0n) is 7.79. The molecule has 1 aromatic rings. The molecule has 0 aliphatic carbocycles. The van der Waals surface area contributed by atoms with Gasteiger partial charge in [0.05, 0.1) is 12.2 Å². The van der Waals surface area contributed by atoms with Gasteiger partial charge in [0, 0.05) is 18.1 Å². The van der Waals surface area contributed by atoms with Gasteiger partial charge < -0.3 is 0 Å². The minimum absolute atomic E-state index is 0.0766. The van der Waals surface area contributed by atoms with Crippen molar-refractivity contribution in [2.45, 2.75) is 13.0 Å². The number of hydrogen-bond acceptors (Lipinski definition) is 4. The highest BCUT2D eigenvalue weighted by molar-refractivity contribution is 7.92. The summed E-state index contributed by atoms with van der Waals surface area (Å²) < 4.78 is 25.9. The molecule has 0 bridgehead atoms. The summed E-state index contributed by atoms with van der Waals surface area (Å²) in [7, 11) is -3.35. The molecular formula is C7H12N4O2S. The lowest BCUT2D eigenvalue weighted by Crippen LogP contribution is -2.28. The summed E-state index contributed by atoms with van der Waals surface area (Å²) in [5.41, 5.74) is 0. The monoisotopic (exact) mass is 216 g/mol. The summed E-state index contributed by atoms with van der Waals surface area (Å²) in [6.07, 6.45) is 3.21. The van der Waals surface area contributed by atoms with Gasteiger partial charge in [-0.25, -0.2) is 17.8 Å². The average molecular weight is 216 g/mol. The van der Waals surface area contributed by atoms with E-state index in [0.717, 1.165) is 5.41 Å². The largest absolute Gasteiger partial charge is 0.248 e. The molecule has 78 valence electrons. The van der Waals surface area contributed by atoms with Gasteiger partial charge in [-0.2, -0.15) is 0 Å². The molecular weight excluding hydrogens is 204 g/mol. The molecule has 0 saturated heterocycles. The molecule has 1 aromatic heterocycles. The molecule has 0 aliphatic heterocycles. The van der Waals surface area contributed by atoms with Crippen molar-refractivity contribution in [2.75, 3.05) is 6.54 Å². The van der Waals surface area contributed by atoms with E-state index in [-0.39, 0.29) is 12.6 Å². The van der Waals surface area contributed by atoms with Crippen LogP contribution in [-0.2, 0) is 10.0 Å². The van der Waals surface area contributed by atoms with Crippen LogP contribution in [0.15, 0.2) is 24.4 Å². The predicted octanol–water partition coefficient (Wildman–Crippen LogP) is -0.0980. The van der Waals surface area contributed by atoms with Gasteiger partial charge in [-0.1, -0.05) is 11.8 Å². The standard InChI is InChI=1S/C7H12N4O2S/c1-3-14(12,13)9-6-7(2)11-5-4-8-10-11/h3-5,7,9H,1,6H2,2H3/t7-/m1/s1. The highest BCUT2D eigenvalue weighted by Gasteiger charge is 2.09. The fraction of sp³-hybridized carbons (Fsp3) is 0.429. The summed E-state index contributed by atoms with van der Waals surface area (Å²) in [6.45, 7) is 5.28. The van der Waals surface area contributed by atoms with Crippen LogP contribution in [0.2, 0.25) is 0 Å². The van der Waals surface area contributed by atoms with Crippen LogP contribution in [0.25, 0.3) is 0 Å². The first-order valence-electron chi connectivity index (χ1n) is 4.03. The van der Waals surface area contributed by atoms with Crippen LogP contribution in [0.5, 0.6) is 0 Å². The molecule has 0 radical (unpaired) electrons. The van der Waals surface area contributed by atoms with E-state index >= 15 is 0 Å². The molecule has 1 heterocycles. The SMILES string of the molecule is C=CS(=O)(=O)NC[C@@H](C)n1ccnn1. The van der Waals surface area contributed by atoms with Gasteiger partial charge in [-0.15, -0.1) is 5.10 Å². The van der Waals surface area contributed by atoms with Crippen LogP contribution >= 0.6 is 0 Å². The van der Waals surface area contributed by atoms with Crippen LogP contribution < -0.4 is 4.72 Å². The third kappa shape index (κ3) is 2.93. The number of aromatic nitrogens is 3. The second-order valence-corrected chi connectivity index (χ2v) is 4.50. The van der Waals surface area contributed by atoms with Crippen molar-refractivity contribution in [2.24, 2.45) is 0 Å². The van der Waals surface area contributed by atoms with E-state index in [1.54, 1.807) is 17.1 Å². The number of hydrogen-bond donors (Lipinski definition) is 1. The third-order valence-corrected chi connectivity index (χ3v) is 2.70. The van der Waals surface area contributed by atoms with E-state index in [4.69, 9.17) is 0 Å². The van der Waals surface area contributed by atoms with Crippen molar-refractivity contribution >= 4 is 10.0 Å². The maximum Gasteiger partial charge on any atom is 0.233 e. The summed E-state index contributed by atoms with van der Waals surface area (Å²) in [6, 6.07) is -0.0766. The van der Waals surface area contributed by atoms with Crippen molar-refractivity contribution in [1.29, 1.82) is 0 Å². The normalized spacial score (nSPS) is 13.8. The van der Waals surface area contributed by atoms with Gasteiger partial charge in [0.15, 0.2) is 0 Å². The number of rotatable bonds is 5. The Hall–Kier alpha value is -1.21. The molecule has 0 unspecified atom stereocenters. The van der Waals surface area contributed by atoms with Crippen LogP contribution in [0, 0.1) is 0 Å². The van der Waals surface area contributed by atoms with Gasteiger partial charge in [0.2, 0.25) is 10.0 Å². The molecule has 0 amide bonds. The molecule has 1 rings (SSSR count). The van der Waals surface area contributed by atoms with Crippen molar-refractivity contribution in [3.8, 4) is 0 Å². The first kappa shape index (κ1) is 10.9. The van der Waals surface area contributed by atoms with E-state index in [1.807, 2.05) is 6.92 Å². The molecule has 14 heavy (non-hydrogen) atoms. The van der Waals surface area contributed by atoms with Crippen molar-refractivity contribution < 1.29 is 8.42 Å². The molecule has 6 nitrogen and oxygen atoms in total. The number of sulfonamides is 1. The Kier molecular flexibility index (Phi) is 3.37. The molecule has 1 N–H and O–H groups in total. The van der Waals surface area contributed by atoms with E-state index in [2.05, 4.69) is 21.6 Å². The Morgan fingerprint density at radius 3 is 2.93 bits per heavy atom. The fourth-order valence-corrected chi connectivity index (χ4v) is 1.43. The van der Waals surface area contributed by atoms with E-state index in [0.29, 0.717) is 0 Å². The predicted molar refractivity (Wildman–Crippen MR) is 51.9 cm³/mol. The first-order chi connectivity index (χ1) is 6.55. The Balaban J connectivity index is 2.51. The van der Waals surface area contributed by atoms with Crippen LogP contribution in [0.1, 0.15) is 13.0 Å². The van der Waals surface area contributed by atoms with Crippen LogP contribution in [0.3, 0.4) is 0 Å². The Morgan fingerprint density at radius 1 is 1.71 bits per heavy atom. The molecule has 0 spiro atoms. The fourth-order valence-electron chi connectivity index (χ4n) is 0.842. The molecule has 0 aliphatic rings. The number of nitrogens with zero attached hydrogens (tertiary/aromatic N) is 3. The van der Waals surface area contributed by atoms with E-state index in [9.17, 15) is 8.42 Å². The van der Waals surface area contributed by atoms with Gasteiger partial charge >= 0.3 is 0 Å². The van der Waals surface area contributed by atoms with E-state index in [1.165, 1.54) is 0 Å². The third-order valence-electron chi connectivity index (χ3n) is 1.69. The van der Waals surface area contributed by atoms with Crippen LogP contribution in [0.4, 0.5) is 0 Å². The summed E-state index contributed by atoms with van der Waals surface area (Å²) in [5.74, 6) is 0. The summed E-state index contributed by atoms with van der Waals surface area (Å²) in [4.78, 5) is 0. The average Bonchev–Trinajstić information content (AvgIpc) is 2.67. The smallest absolute Gasteiger partial charge is 0.233 e. The zero-order valence-corrected chi connectivity index (χ0v) is 8.61. The second kappa shape index (κ2) is 4.34. The maximum absolute atomic E-state index is 11.0. The molecule has 0 fully saturated rings. The van der Waals surface area contributed by atoms with Crippen molar-refractivity contribution in [3.05, 3.63) is 24.4 Å². The maximum atomic E-state index is 11.0. The lowest BCUT2D eigenvalue weighted by Gasteiger charge is -2.10. The highest BCUT2D eigenvalue weighted by Crippen LogP contribution is 2.00. The number of nitrogens with one attached hydrogen (secondary N) is 1. The lowest BCUT2D eigenvalue weighted by atomic mass is 10.3. The Morgan fingerprint density at radius 2 is 2.43 bits per heavy atom.